The van der Waals surface area contributed by atoms with Crippen LogP contribution in [-0.4, -0.2) is 41.4 Å². The summed E-state index contributed by atoms with van der Waals surface area (Å²) in [7, 11) is 0. The van der Waals surface area contributed by atoms with Crippen molar-refractivity contribution in [3.05, 3.63) is 42.7 Å². The van der Waals surface area contributed by atoms with Crippen LogP contribution in [0.2, 0.25) is 0 Å². The molecule has 2 saturated carbocycles. The molecule has 0 atom stereocenters. The summed E-state index contributed by atoms with van der Waals surface area (Å²) >= 11 is 0. The molecule has 158 valence electrons. The van der Waals surface area contributed by atoms with E-state index in [9.17, 15) is 4.79 Å². The van der Waals surface area contributed by atoms with Gasteiger partial charge in [0.1, 0.15) is 23.0 Å². The second-order valence-corrected chi connectivity index (χ2v) is 8.78. The maximum absolute atomic E-state index is 12.4. The number of nitrogens with one attached hydrogen (secondary N) is 1. The topological polar surface area (TPSA) is 76.6 Å². The molecule has 7 nitrogen and oxygen atoms in total. The van der Waals surface area contributed by atoms with Crippen LogP contribution in [0, 0.1) is 11.8 Å². The van der Waals surface area contributed by atoms with Gasteiger partial charge in [0, 0.05) is 12.7 Å². The van der Waals surface area contributed by atoms with Gasteiger partial charge < -0.3 is 14.8 Å². The van der Waals surface area contributed by atoms with Gasteiger partial charge >= 0.3 is 6.09 Å². The molecular weight excluding hydrogens is 380 g/mol. The minimum Gasteiger partial charge on any atom is -0.492 e. The van der Waals surface area contributed by atoms with E-state index in [1.807, 2.05) is 30.3 Å². The maximum Gasteiger partial charge on any atom is 0.416 e. The van der Waals surface area contributed by atoms with Gasteiger partial charge in [0.2, 0.25) is 0 Å². The van der Waals surface area contributed by atoms with E-state index in [0.717, 1.165) is 56.3 Å². The number of hydrogen-bond acceptors (Lipinski definition) is 6. The summed E-state index contributed by atoms with van der Waals surface area (Å²) in [6.07, 6.45) is 9.62. The Hall–Kier alpha value is -2.83. The first-order valence-electron chi connectivity index (χ1n) is 10.9. The van der Waals surface area contributed by atoms with Crippen molar-refractivity contribution < 1.29 is 14.3 Å². The first-order valence-corrected chi connectivity index (χ1v) is 10.9. The van der Waals surface area contributed by atoms with Gasteiger partial charge in [-0.15, -0.1) is 0 Å². The van der Waals surface area contributed by atoms with E-state index in [1.54, 1.807) is 17.3 Å². The first-order chi connectivity index (χ1) is 14.7. The summed E-state index contributed by atoms with van der Waals surface area (Å²) in [5, 5.41) is 3.45. The predicted octanol–water partition coefficient (Wildman–Crippen LogP) is 4.26. The Morgan fingerprint density at radius 2 is 1.97 bits per heavy atom. The highest BCUT2D eigenvalue weighted by Gasteiger charge is 2.47. The molecule has 1 N–H and O–H groups in total. The standard InChI is InChI=1S/C23H28N4O3/c28-22-27(21-3-1-2-12-24-21)16-23(30-22)10-8-17(9-11-23)13-25-20-7-6-19(14-26-20)29-15-18-4-5-18/h1-3,6-7,12,14,17-18H,4-5,8-11,13,15-16H2,(H,25,26). The molecule has 0 bridgehead atoms. The Bertz CT molecular complexity index is 862. The van der Waals surface area contributed by atoms with E-state index in [4.69, 9.17) is 9.47 Å². The lowest BCUT2D eigenvalue weighted by Crippen LogP contribution is -2.39. The lowest BCUT2D eigenvalue weighted by Gasteiger charge is -2.35. The summed E-state index contributed by atoms with van der Waals surface area (Å²) in [5.41, 5.74) is -0.371. The largest absolute Gasteiger partial charge is 0.492 e. The van der Waals surface area contributed by atoms with E-state index < -0.39 is 0 Å². The number of aromatic nitrogens is 2. The van der Waals surface area contributed by atoms with Crippen molar-refractivity contribution in [3.63, 3.8) is 0 Å². The number of carbonyl (C=O) groups excluding carboxylic acids is 1. The third-order valence-corrected chi connectivity index (χ3v) is 6.40. The van der Waals surface area contributed by atoms with E-state index in [1.165, 1.54) is 12.8 Å². The molecule has 1 aliphatic heterocycles. The second-order valence-electron chi connectivity index (χ2n) is 8.78. The summed E-state index contributed by atoms with van der Waals surface area (Å²) in [6.45, 7) is 2.27. The first kappa shape index (κ1) is 19.2. The molecular formula is C23H28N4O3. The van der Waals surface area contributed by atoms with Gasteiger partial charge in [0.25, 0.3) is 0 Å². The molecule has 0 aromatic carbocycles. The number of rotatable bonds is 7. The van der Waals surface area contributed by atoms with Gasteiger partial charge in [-0.2, -0.15) is 0 Å². The average molecular weight is 409 g/mol. The molecule has 0 unspecified atom stereocenters. The van der Waals surface area contributed by atoms with Gasteiger partial charge in [0.05, 0.1) is 19.3 Å². The monoisotopic (exact) mass is 408 g/mol. The van der Waals surface area contributed by atoms with Crippen molar-refractivity contribution in [2.45, 2.75) is 44.1 Å². The molecule has 7 heteroatoms. The number of ether oxygens (including phenoxy) is 2. The van der Waals surface area contributed by atoms with Crippen molar-refractivity contribution in [2.75, 3.05) is 29.9 Å². The Morgan fingerprint density at radius 3 is 2.67 bits per heavy atom. The minimum absolute atomic E-state index is 0.279. The van der Waals surface area contributed by atoms with Crippen LogP contribution >= 0.6 is 0 Å². The van der Waals surface area contributed by atoms with Crippen molar-refractivity contribution in [3.8, 4) is 5.75 Å². The number of pyridine rings is 2. The van der Waals surface area contributed by atoms with Gasteiger partial charge in [-0.3, -0.25) is 4.90 Å². The lowest BCUT2D eigenvalue weighted by molar-refractivity contribution is 0.0148. The van der Waals surface area contributed by atoms with Crippen LogP contribution in [0.4, 0.5) is 16.4 Å². The number of nitrogens with zero attached hydrogens (tertiary/aromatic N) is 3. The molecule has 30 heavy (non-hydrogen) atoms. The van der Waals surface area contributed by atoms with Gasteiger partial charge in [-0.05, 0) is 74.6 Å². The lowest BCUT2D eigenvalue weighted by atomic mass is 9.78. The molecule has 2 aromatic heterocycles. The summed E-state index contributed by atoms with van der Waals surface area (Å²) in [4.78, 5) is 22.8. The fourth-order valence-corrected chi connectivity index (χ4v) is 4.30. The number of anilines is 2. The van der Waals surface area contributed by atoms with E-state index in [-0.39, 0.29) is 11.7 Å². The van der Waals surface area contributed by atoms with E-state index in [0.29, 0.717) is 18.3 Å². The highest BCUT2D eigenvalue weighted by molar-refractivity contribution is 5.89. The molecule has 1 saturated heterocycles. The molecule has 1 spiro atoms. The highest BCUT2D eigenvalue weighted by atomic mass is 16.6. The Kier molecular flexibility index (Phi) is 5.19. The molecule has 5 rings (SSSR count). The normalized spacial score (nSPS) is 25.9. The van der Waals surface area contributed by atoms with Crippen LogP contribution < -0.4 is 15.0 Å². The number of carbonyl (C=O) groups is 1. The Balaban J connectivity index is 1.09. The zero-order valence-corrected chi connectivity index (χ0v) is 17.1. The fraction of sp³-hybridized carbons (Fsp3) is 0.522. The predicted molar refractivity (Wildman–Crippen MR) is 114 cm³/mol. The zero-order valence-electron chi connectivity index (χ0n) is 17.1. The number of amides is 1. The van der Waals surface area contributed by atoms with E-state index >= 15 is 0 Å². The quantitative estimate of drug-likeness (QED) is 0.738. The van der Waals surface area contributed by atoms with Gasteiger partial charge in [0.15, 0.2) is 0 Å². The zero-order chi connectivity index (χ0) is 20.4. The Labute approximate surface area is 176 Å². The summed E-state index contributed by atoms with van der Waals surface area (Å²) < 4.78 is 11.6. The van der Waals surface area contributed by atoms with Crippen LogP contribution in [0.3, 0.4) is 0 Å². The van der Waals surface area contributed by atoms with Crippen molar-refractivity contribution in [1.82, 2.24) is 9.97 Å². The second kappa shape index (κ2) is 8.13. The van der Waals surface area contributed by atoms with Crippen LogP contribution in [0.1, 0.15) is 38.5 Å². The molecule has 0 radical (unpaired) electrons. The molecule has 3 heterocycles. The summed E-state index contributed by atoms with van der Waals surface area (Å²) in [5.74, 6) is 3.67. The van der Waals surface area contributed by atoms with Crippen LogP contribution in [-0.2, 0) is 4.74 Å². The highest BCUT2D eigenvalue weighted by Crippen LogP contribution is 2.40. The summed E-state index contributed by atoms with van der Waals surface area (Å²) in [6, 6.07) is 9.56. The molecule has 3 fully saturated rings. The van der Waals surface area contributed by atoms with Gasteiger partial charge in [-0.25, -0.2) is 14.8 Å². The van der Waals surface area contributed by atoms with Crippen LogP contribution in [0.25, 0.3) is 0 Å². The van der Waals surface area contributed by atoms with Crippen molar-refractivity contribution in [1.29, 1.82) is 0 Å². The number of hydrogen-bond donors (Lipinski definition) is 1. The SMILES string of the molecule is O=C1OC2(CCC(CNc3ccc(OCC4CC4)cn3)CC2)CN1c1ccccn1. The van der Waals surface area contributed by atoms with Gasteiger partial charge in [-0.1, -0.05) is 6.07 Å². The van der Waals surface area contributed by atoms with Crippen LogP contribution in [0.5, 0.6) is 5.75 Å². The van der Waals surface area contributed by atoms with Crippen LogP contribution in [0.15, 0.2) is 42.7 Å². The third kappa shape index (κ3) is 4.35. The van der Waals surface area contributed by atoms with Crippen molar-refractivity contribution >= 4 is 17.7 Å². The minimum atomic E-state index is -0.371. The molecule has 2 aromatic rings. The average Bonchev–Trinajstić information content (AvgIpc) is 3.56. The van der Waals surface area contributed by atoms with Crippen molar-refractivity contribution in [2.24, 2.45) is 11.8 Å². The fourth-order valence-electron chi connectivity index (χ4n) is 4.30. The van der Waals surface area contributed by atoms with E-state index in [2.05, 4.69) is 15.3 Å². The molecule has 3 aliphatic rings. The molecule has 2 aliphatic carbocycles. The third-order valence-electron chi connectivity index (χ3n) is 6.40. The Morgan fingerprint density at radius 1 is 1.10 bits per heavy atom. The molecule has 1 amide bonds. The smallest absolute Gasteiger partial charge is 0.416 e. The maximum atomic E-state index is 12.4.